The Morgan fingerprint density at radius 1 is 1.14 bits per heavy atom. The van der Waals surface area contributed by atoms with Crippen molar-refractivity contribution in [3.63, 3.8) is 0 Å². The highest BCUT2D eigenvalue weighted by Crippen LogP contribution is 2.31. The van der Waals surface area contributed by atoms with E-state index in [0.717, 1.165) is 12.1 Å². The summed E-state index contributed by atoms with van der Waals surface area (Å²) in [5.41, 5.74) is -0.947. The van der Waals surface area contributed by atoms with Crippen LogP contribution in [0.15, 0.2) is 36.4 Å². The number of ether oxygens (including phenoxy) is 1. The van der Waals surface area contributed by atoms with Crippen LogP contribution in [0, 0.1) is 5.82 Å². The average molecular weight is 333 g/mol. The average Bonchev–Trinajstić information content (AvgIpc) is 2.44. The summed E-state index contributed by atoms with van der Waals surface area (Å²) in [6.07, 6.45) is -4.14. The number of carbonyl (C=O) groups is 1. The van der Waals surface area contributed by atoms with E-state index in [1.807, 2.05) is 0 Å². The van der Waals surface area contributed by atoms with Crippen molar-refractivity contribution >= 4 is 17.9 Å². The van der Waals surface area contributed by atoms with Crippen molar-refractivity contribution in [2.24, 2.45) is 0 Å². The number of rotatable bonds is 4. The molecule has 0 aliphatic heterocycles. The fourth-order valence-corrected chi connectivity index (χ4v) is 1.98. The van der Waals surface area contributed by atoms with E-state index in [4.69, 9.17) is 16.3 Å². The lowest BCUT2D eigenvalue weighted by Gasteiger charge is -2.11. The topological polar surface area (TPSA) is 26.3 Å². The third kappa shape index (κ3) is 3.98. The third-order valence-corrected chi connectivity index (χ3v) is 3.01. The molecule has 0 aromatic heterocycles. The number of aldehydes is 1. The molecule has 0 bridgehead atoms. The maximum Gasteiger partial charge on any atom is 0.416 e. The van der Waals surface area contributed by atoms with E-state index in [1.54, 1.807) is 0 Å². The van der Waals surface area contributed by atoms with Crippen LogP contribution in [-0.2, 0) is 12.8 Å². The molecule has 0 N–H and O–H groups in total. The molecule has 0 radical (unpaired) electrons. The molecule has 22 heavy (non-hydrogen) atoms. The van der Waals surface area contributed by atoms with Gasteiger partial charge in [-0.05, 0) is 42.0 Å². The molecule has 0 fully saturated rings. The summed E-state index contributed by atoms with van der Waals surface area (Å²) in [5.74, 6) is -0.864. The fraction of sp³-hybridized carbons (Fsp3) is 0.133. The molecule has 2 aromatic carbocycles. The summed E-state index contributed by atoms with van der Waals surface area (Å²) in [4.78, 5) is 10.9. The number of halogens is 5. The van der Waals surface area contributed by atoms with Crippen molar-refractivity contribution in [3.8, 4) is 5.75 Å². The minimum atomic E-state index is -4.65. The summed E-state index contributed by atoms with van der Waals surface area (Å²) >= 11 is 5.72. The number of carbonyl (C=O) groups excluding carboxylic acids is 1. The van der Waals surface area contributed by atoms with Gasteiger partial charge in [0.1, 0.15) is 18.2 Å². The summed E-state index contributed by atoms with van der Waals surface area (Å²) < 4.78 is 56.3. The Hall–Kier alpha value is -2.08. The van der Waals surface area contributed by atoms with Crippen molar-refractivity contribution in [3.05, 3.63) is 63.9 Å². The van der Waals surface area contributed by atoms with Crippen molar-refractivity contribution in [1.82, 2.24) is 0 Å². The van der Waals surface area contributed by atoms with Gasteiger partial charge in [-0.3, -0.25) is 4.79 Å². The molecule has 0 saturated heterocycles. The summed E-state index contributed by atoms with van der Waals surface area (Å²) in [5, 5.41) is 0.319. The Morgan fingerprint density at radius 3 is 2.50 bits per heavy atom. The van der Waals surface area contributed by atoms with Gasteiger partial charge >= 0.3 is 6.18 Å². The van der Waals surface area contributed by atoms with Gasteiger partial charge in [-0.2, -0.15) is 13.2 Å². The minimum absolute atomic E-state index is 0.000811. The Bertz CT molecular complexity index is 698. The molecule has 7 heteroatoms. The largest absolute Gasteiger partial charge is 0.488 e. The Kier molecular flexibility index (Phi) is 4.71. The molecule has 0 spiro atoms. The molecule has 0 aliphatic rings. The highest BCUT2D eigenvalue weighted by molar-refractivity contribution is 6.30. The van der Waals surface area contributed by atoms with Gasteiger partial charge in [-0.25, -0.2) is 4.39 Å². The first-order chi connectivity index (χ1) is 10.3. The van der Waals surface area contributed by atoms with Gasteiger partial charge in [0, 0.05) is 5.02 Å². The molecule has 0 atom stereocenters. The molecule has 0 aliphatic carbocycles. The summed E-state index contributed by atoms with van der Waals surface area (Å²) in [6, 6.07) is 6.37. The maximum absolute atomic E-state index is 13.3. The van der Waals surface area contributed by atoms with Crippen molar-refractivity contribution < 1.29 is 27.1 Å². The molecule has 116 valence electrons. The van der Waals surface area contributed by atoms with Crippen LogP contribution in [0.2, 0.25) is 5.02 Å². The lowest BCUT2D eigenvalue weighted by molar-refractivity contribution is -0.137. The standard InChI is InChI=1S/C15H9ClF4O2/c16-12-1-2-14(10(5-12)7-21)22-8-9-3-11(15(18,19)20)6-13(17)4-9/h1-7H,8H2. The second-order valence-electron chi connectivity index (χ2n) is 4.43. The highest BCUT2D eigenvalue weighted by Gasteiger charge is 2.31. The van der Waals surface area contributed by atoms with Crippen LogP contribution in [0.3, 0.4) is 0 Å². The van der Waals surface area contributed by atoms with Gasteiger partial charge in [0.2, 0.25) is 0 Å². The maximum atomic E-state index is 13.3. The first-order valence-corrected chi connectivity index (χ1v) is 6.41. The van der Waals surface area contributed by atoms with E-state index in [-0.39, 0.29) is 23.5 Å². The number of hydrogen-bond acceptors (Lipinski definition) is 2. The van der Waals surface area contributed by atoms with Crippen LogP contribution in [-0.4, -0.2) is 6.29 Å². The number of alkyl halides is 3. The van der Waals surface area contributed by atoms with Crippen LogP contribution in [0.1, 0.15) is 21.5 Å². The highest BCUT2D eigenvalue weighted by atomic mass is 35.5. The Balaban J connectivity index is 2.22. The zero-order valence-electron chi connectivity index (χ0n) is 11.0. The SMILES string of the molecule is O=Cc1cc(Cl)ccc1OCc1cc(F)cc(C(F)(F)F)c1. The van der Waals surface area contributed by atoms with Gasteiger partial charge in [0.05, 0.1) is 11.1 Å². The molecule has 2 aromatic rings. The third-order valence-electron chi connectivity index (χ3n) is 2.78. The Labute approximate surface area is 128 Å². The predicted molar refractivity (Wildman–Crippen MR) is 72.6 cm³/mol. The van der Waals surface area contributed by atoms with Gasteiger partial charge in [0.15, 0.2) is 6.29 Å². The predicted octanol–water partition coefficient (Wildman–Crippen LogP) is 4.89. The number of hydrogen-bond donors (Lipinski definition) is 0. The van der Waals surface area contributed by atoms with Crippen LogP contribution in [0.25, 0.3) is 0 Å². The van der Waals surface area contributed by atoms with Crippen molar-refractivity contribution in [1.29, 1.82) is 0 Å². The molecule has 2 nitrogen and oxygen atoms in total. The molecular formula is C15H9ClF4O2. The summed E-state index contributed by atoms with van der Waals surface area (Å²) in [7, 11) is 0. The van der Waals surface area contributed by atoms with Gasteiger partial charge < -0.3 is 4.74 Å². The zero-order valence-corrected chi connectivity index (χ0v) is 11.7. The second kappa shape index (κ2) is 6.36. The van der Waals surface area contributed by atoms with E-state index in [1.165, 1.54) is 18.2 Å². The Morgan fingerprint density at radius 2 is 1.86 bits per heavy atom. The summed E-state index contributed by atoms with van der Waals surface area (Å²) in [6.45, 7) is -0.316. The quantitative estimate of drug-likeness (QED) is 0.588. The van der Waals surface area contributed by atoms with Gasteiger partial charge in [-0.15, -0.1) is 0 Å². The molecule has 0 heterocycles. The fourth-order valence-electron chi connectivity index (χ4n) is 1.80. The molecular weight excluding hydrogens is 324 g/mol. The van der Waals surface area contributed by atoms with Crippen LogP contribution < -0.4 is 4.74 Å². The van der Waals surface area contributed by atoms with E-state index in [9.17, 15) is 22.4 Å². The second-order valence-corrected chi connectivity index (χ2v) is 4.87. The van der Waals surface area contributed by atoms with E-state index in [2.05, 4.69) is 0 Å². The first-order valence-electron chi connectivity index (χ1n) is 6.04. The first kappa shape index (κ1) is 16.3. The van der Waals surface area contributed by atoms with E-state index in [0.29, 0.717) is 17.4 Å². The smallest absolute Gasteiger partial charge is 0.416 e. The zero-order chi connectivity index (χ0) is 16.3. The lowest BCUT2D eigenvalue weighted by Crippen LogP contribution is -2.07. The molecule has 0 saturated carbocycles. The lowest BCUT2D eigenvalue weighted by atomic mass is 10.1. The van der Waals surface area contributed by atoms with Crippen LogP contribution in [0.5, 0.6) is 5.75 Å². The van der Waals surface area contributed by atoms with E-state index < -0.39 is 17.6 Å². The van der Waals surface area contributed by atoms with Crippen molar-refractivity contribution in [2.75, 3.05) is 0 Å². The normalized spacial score (nSPS) is 11.3. The number of benzene rings is 2. The molecule has 0 amide bonds. The van der Waals surface area contributed by atoms with E-state index >= 15 is 0 Å². The van der Waals surface area contributed by atoms with Crippen molar-refractivity contribution in [2.45, 2.75) is 12.8 Å². The monoisotopic (exact) mass is 332 g/mol. The minimum Gasteiger partial charge on any atom is -0.488 e. The van der Waals surface area contributed by atoms with Gasteiger partial charge in [-0.1, -0.05) is 11.6 Å². The van der Waals surface area contributed by atoms with Crippen LogP contribution in [0.4, 0.5) is 17.6 Å². The van der Waals surface area contributed by atoms with Gasteiger partial charge in [0.25, 0.3) is 0 Å². The molecule has 0 unspecified atom stereocenters. The molecule has 2 rings (SSSR count). The van der Waals surface area contributed by atoms with Crippen LogP contribution >= 0.6 is 11.6 Å².